The van der Waals surface area contributed by atoms with Crippen LogP contribution in [-0.2, 0) is 6.61 Å². The number of aromatic nitrogens is 4. The van der Waals surface area contributed by atoms with Crippen LogP contribution in [0.25, 0.3) is 33.5 Å². The number of rotatable bonds is 2. The van der Waals surface area contributed by atoms with E-state index in [-0.39, 0.29) is 12.3 Å². The van der Waals surface area contributed by atoms with E-state index in [1.165, 1.54) is 0 Å². The van der Waals surface area contributed by atoms with Gasteiger partial charge >= 0.3 is 5.69 Å². The van der Waals surface area contributed by atoms with Gasteiger partial charge in [-0.3, -0.25) is 0 Å². The Hall–Kier alpha value is -2.86. The van der Waals surface area contributed by atoms with Crippen molar-refractivity contribution < 1.29 is 5.11 Å². The van der Waals surface area contributed by atoms with E-state index in [4.69, 9.17) is 4.98 Å². The summed E-state index contributed by atoms with van der Waals surface area (Å²) in [6.45, 7) is 6.07. The Morgan fingerprint density at radius 2 is 1.67 bits per heavy atom. The largest absolute Gasteiger partial charge is 0.392 e. The van der Waals surface area contributed by atoms with E-state index in [1.54, 1.807) is 0 Å². The highest BCUT2D eigenvalue weighted by molar-refractivity contribution is 5.92. The number of imidazole rings is 2. The summed E-state index contributed by atoms with van der Waals surface area (Å²) in [6.07, 6.45) is 0. The zero-order chi connectivity index (χ0) is 17.0. The highest BCUT2D eigenvalue weighted by Crippen LogP contribution is 2.31. The molecule has 0 saturated carbocycles. The highest BCUT2D eigenvalue weighted by Gasteiger charge is 2.16. The molecule has 2 aromatic heterocycles. The second-order valence-corrected chi connectivity index (χ2v) is 6.23. The van der Waals surface area contributed by atoms with Crippen molar-refractivity contribution in [3.63, 3.8) is 0 Å². The second kappa shape index (κ2) is 5.07. The molecular formula is C18H18N4O2. The van der Waals surface area contributed by atoms with Crippen LogP contribution in [0.5, 0.6) is 0 Å². The van der Waals surface area contributed by atoms with Crippen molar-refractivity contribution in [1.29, 1.82) is 0 Å². The van der Waals surface area contributed by atoms with Crippen molar-refractivity contribution in [2.75, 3.05) is 0 Å². The fraction of sp³-hybridized carbons (Fsp3) is 0.222. The first-order chi connectivity index (χ1) is 11.5. The monoisotopic (exact) mass is 322 g/mol. The van der Waals surface area contributed by atoms with Crippen LogP contribution in [0.4, 0.5) is 0 Å². The van der Waals surface area contributed by atoms with Crippen molar-refractivity contribution in [3.05, 3.63) is 50.9 Å². The lowest BCUT2D eigenvalue weighted by molar-refractivity contribution is 0.280. The Labute approximate surface area is 137 Å². The molecule has 0 aliphatic carbocycles. The fourth-order valence-corrected chi connectivity index (χ4v) is 3.49. The van der Waals surface area contributed by atoms with Crippen molar-refractivity contribution in [2.24, 2.45) is 0 Å². The van der Waals surface area contributed by atoms with Crippen molar-refractivity contribution in [2.45, 2.75) is 27.4 Å². The van der Waals surface area contributed by atoms with Crippen molar-refractivity contribution >= 4 is 22.1 Å². The third-order valence-electron chi connectivity index (χ3n) is 4.64. The SMILES string of the molecule is Cc1cc(C)c(-c2nc3cc4[nH]c(=O)[nH]c4cc3[nH]2)c(C)c1CO. The summed E-state index contributed by atoms with van der Waals surface area (Å²) in [7, 11) is 0. The lowest BCUT2D eigenvalue weighted by atomic mass is 9.93. The predicted molar refractivity (Wildman–Crippen MR) is 94.1 cm³/mol. The smallest absolute Gasteiger partial charge is 0.323 e. The molecule has 4 N–H and O–H groups in total. The van der Waals surface area contributed by atoms with E-state index >= 15 is 0 Å². The standard InChI is InChI=1S/C18H18N4O2/c1-8-4-9(2)16(10(3)11(8)7-23)17-19-12-5-14-15(6-13(12)20-17)22-18(24)21-14/h4-6,23H,7H2,1-3H3,(H,19,20)(H2,21,22,24). The van der Waals surface area contributed by atoms with Crippen LogP contribution in [0.1, 0.15) is 22.3 Å². The molecule has 0 atom stereocenters. The average Bonchev–Trinajstić information content (AvgIpc) is 3.05. The normalized spacial score (nSPS) is 11.7. The van der Waals surface area contributed by atoms with Crippen LogP contribution in [-0.4, -0.2) is 25.0 Å². The van der Waals surface area contributed by atoms with Gasteiger partial charge in [0, 0.05) is 5.56 Å². The number of hydrogen-bond donors (Lipinski definition) is 4. The van der Waals surface area contributed by atoms with Crippen molar-refractivity contribution in [1.82, 2.24) is 19.9 Å². The Bertz CT molecular complexity index is 1090. The maximum atomic E-state index is 11.4. The third kappa shape index (κ3) is 2.07. The fourth-order valence-electron chi connectivity index (χ4n) is 3.49. The zero-order valence-electron chi connectivity index (χ0n) is 13.7. The van der Waals surface area contributed by atoms with E-state index in [0.29, 0.717) is 0 Å². The number of aryl methyl sites for hydroxylation is 2. The van der Waals surface area contributed by atoms with Gasteiger partial charge in [0.15, 0.2) is 0 Å². The molecule has 6 nitrogen and oxygen atoms in total. The second-order valence-electron chi connectivity index (χ2n) is 6.23. The number of nitrogens with one attached hydrogen (secondary N) is 3. The minimum Gasteiger partial charge on any atom is -0.392 e. The molecule has 4 aromatic rings. The molecule has 0 radical (unpaired) electrons. The van der Waals surface area contributed by atoms with E-state index in [2.05, 4.69) is 21.0 Å². The minimum atomic E-state index is -0.226. The van der Waals surface area contributed by atoms with Gasteiger partial charge in [-0.25, -0.2) is 9.78 Å². The summed E-state index contributed by atoms with van der Waals surface area (Å²) >= 11 is 0. The molecular weight excluding hydrogens is 304 g/mol. The lowest BCUT2D eigenvalue weighted by Crippen LogP contribution is -2.00. The van der Waals surface area contributed by atoms with Gasteiger partial charge in [0.25, 0.3) is 0 Å². The molecule has 6 heteroatoms. The molecule has 0 saturated heterocycles. The maximum Gasteiger partial charge on any atom is 0.323 e. The highest BCUT2D eigenvalue weighted by atomic mass is 16.3. The van der Waals surface area contributed by atoms with Gasteiger partial charge in [0.2, 0.25) is 0 Å². The molecule has 0 aliphatic rings. The topological polar surface area (TPSA) is 97.6 Å². The van der Waals surface area contributed by atoms with E-state index in [1.807, 2.05) is 32.9 Å². The van der Waals surface area contributed by atoms with Crippen LogP contribution in [0.15, 0.2) is 23.0 Å². The number of aliphatic hydroxyl groups excluding tert-OH is 1. The Morgan fingerprint density at radius 3 is 2.38 bits per heavy atom. The summed E-state index contributed by atoms with van der Waals surface area (Å²) in [4.78, 5) is 24.9. The lowest BCUT2D eigenvalue weighted by Gasteiger charge is -2.14. The van der Waals surface area contributed by atoms with Crippen LogP contribution in [0, 0.1) is 20.8 Å². The molecule has 0 bridgehead atoms. The molecule has 0 spiro atoms. The van der Waals surface area contributed by atoms with E-state index < -0.39 is 0 Å². The van der Waals surface area contributed by atoms with Gasteiger partial charge in [0.05, 0.1) is 28.7 Å². The first-order valence-electron chi connectivity index (χ1n) is 7.80. The van der Waals surface area contributed by atoms with Gasteiger partial charge < -0.3 is 20.1 Å². The van der Waals surface area contributed by atoms with Crippen LogP contribution >= 0.6 is 0 Å². The molecule has 4 rings (SSSR count). The number of benzene rings is 2. The van der Waals surface area contributed by atoms with E-state index in [0.717, 1.165) is 55.7 Å². The summed E-state index contributed by atoms with van der Waals surface area (Å²) in [5.41, 5.74) is 8.08. The summed E-state index contributed by atoms with van der Waals surface area (Å²) in [5, 5.41) is 9.66. The van der Waals surface area contributed by atoms with Gasteiger partial charge in [-0.15, -0.1) is 0 Å². The quantitative estimate of drug-likeness (QED) is 0.457. The Morgan fingerprint density at radius 1 is 0.958 bits per heavy atom. The number of H-pyrrole nitrogens is 3. The van der Waals surface area contributed by atoms with Crippen LogP contribution in [0.3, 0.4) is 0 Å². The number of nitrogens with zero attached hydrogens (tertiary/aromatic N) is 1. The molecule has 0 unspecified atom stereocenters. The van der Waals surface area contributed by atoms with Crippen LogP contribution < -0.4 is 5.69 Å². The first-order valence-corrected chi connectivity index (χ1v) is 7.80. The summed E-state index contributed by atoms with van der Waals surface area (Å²) in [5.74, 6) is 0.768. The van der Waals surface area contributed by atoms with Crippen LogP contribution in [0.2, 0.25) is 0 Å². The first kappa shape index (κ1) is 14.7. The molecule has 122 valence electrons. The Kier molecular flexibility index (Phi) is 3.11. The molecule has 2 heterocycles. The van der Waals surface area contributed by atoms with Gasteiger partial charge in [-0.05, 0) is 55.2 Å². The predicted octanol–water partition coefficient (Wildman–Crippen LogP) is 2.82. The maximum absolute atomic E-state index is 11.4. The molecule has 0 aliphatic heterocycles. The molecule has 0 amide bonds. The number of fused-ring (bicyclic) bond motifs is 2. The van der Waals surface area contributed by atoms with Gasteiger partial charge in [-0.2, -0.15) is 0 Å². The number of hydrogen-bond acceptors (Lipinski definition) is 3. The van der Waals surface area contributed by atoms with E-state index in [9.17, 15) is 9.90 Å². The summed E-state index contributed by atoms with van der Waals surface area (Å²) in [6, 6.07) is 5.81. The zero-order valence-corrected chi connectivity index (χ0v) is 13.7. The molecule has 0 fully saturated rings. The Balaban J connectivity index is 1.98. The number of aromatic amines is 3. The third-order valence-corrected chi connectivity index (χ3v) is 4.64. The summed E-state index contributed by atoms with van der Waals surface area (Å²) < 4.78 is 0. The molecule has 24 heavy (non-hydrogen) atoms. The average molecular weight is 322 g/mol. The van der Waals surface area contributed by atoms with Gasteiger partial charge in [0.1, 0.15) is 5.82 Å². The minimum absolute atomic E-state index is 0.00935. The number of aliphatic hydroxyl groups is 1. The molecule has 2 aromatic carbocycles. The van der Waals surface area contributed by atoms with Crippen molar-refractivity contribution in [3.8, 4) is 11.4 Å². The van der Waals surface area contributed by atoms with Gasteiger partial charge in [-0.1, -0.05) is 6.07 Å².